The number of hydrogen-bond donors (Lipinski definition) is 0. The van der Waals surface area contributed by atoms with Crippen LogP contribution in [0.1, 0.15) is 22.8 Å². The van der Waals surface area contributed by atoms with E-state index in [2.05, 4.69) is 0 Å². The van der Waals surface area contributed by atoms with E-state index in [0.717, 1.165) is 24.1 Å². The van der Waals surface area contributed by atoms with E-state index in [1.54, 1.807) is 17.8 Å². The van der Waals surface area contributed by atoms with Crippen LogP contribution in [-0.4, -0.2) is 30.4 Å². The number of aldehydes is 1. The average Bonchev–Trinajstić information content (AvgIpc) is 2.37. The van der Waals surface area contributed by atoms with Gasteiger partial charge < -0.3 is 4.90 Å². The Labute approximate surface area is 114 Å². The number of carbonyl (C=O) groups is 1. The molecule has 1 aliphatic rings. The van der Waals surface area contributed by atoms with Gasteiger partial charge in [-0.2, -0.15) is 24.9 Å². The van der Waals surface area contributed by atoms with Crippen LogP contribution in [0.25, 0.3) is 0 Å². The molecule has 2 rings (SSSR count). The van der Waals surface area contributed by atoms with Gasteiger partial charge >= 0.3 is 6.18 Å². The Hall–Kier alpha value is -1.17. The maximum atomic E-state index is 12.9. The van der Waals surface area contributed by atoms with Crippen molar-refractivity contribution in [3.8, 4) is 0 Å². The minimum absolute atomic E-state index is 0.196. The Balaban J connectivity index is 2.40. The van der Waals surface area contributed by atoms with Crippen molar-refractivity contribution in [2.24, 2.45) is 0 Å². The standard InChI is InChI=1S/C13H14F3NOS/c1-9-8-19-5-4-17(9)11-3-2-10(7-18)12(6-11)13(14,15)16/h2-3,6-7,9H,4-5,8H2,1H3. The second-order valence-corrected chi connectivity index (χ2v) is 5.65. The van der Waals surface area contributed by atoms with Gasteiger partial charge in [0.25, 0.3) is 0 Å². The Morgan fingerprint density at radius 1 is 1.42 bits per heavy atom. The molecule has 0 bridgehead atoms. The Morgan fingerprint density at radius 3 is 2.74 bits per heavy atom. The van der Waals surface area contributed by atoms with E-state index in [-0.39, 0.29) is 17.9 Å². The molecule has 19 heavy (non-hydrogen) atoms. The predicted molar refractivity (Wildman–Crippen MR) is 71.0 cm³/mol. The molecule has 1 aromatic carbocycles. The minimum Gasteiger partial charge on any atom is -0.367 e. The second kappa shape index (κ2) is 5.45. The van der Waals surface area contributed by atoms with Crippen molar-refractivity contribution < 1.29 is 18.0 Å². The first-order valence-corrected chi connectivity index (χ1v) is 7.10. The van der Waals surface area contributed by atoms with Crippen molar-refractivity contribution in [3.63, 3.8) is 0 Å². The van der Waals surface area contributed by atoms with Crippen molar-refractivity contribution in [3.05, 3.63) is 29.3 Å². The van der Waals surface area contributed by atoms with Crippen LogP contribution in [0.5, 0.6) is 0 Å². The lowest BCUT2D eigenvalue weighted by Crippen LogP contribution is -2.40. The third-order valence-corrected chi connectivity index (χ3v) is 4.36. The highest BCUT2D eigenvalue weighted by molar-refractivity contribution is 7.99. The molecule has 0 spiro atoms. The fourth-order valence-electron chi connectivity index (χ4n) is 2.18. The van der Waals surface area contributed by atoms with Gasteiger partial charge in [-0.15, -0.1) is 0 Å². The van der Waals surface area contributed by atoms with Gasteiger partial charge in [0.2, 0.25) is 0 Å². The molecule has 1 aliphatic heterocycles. The number of thioether (sulfide) groups is 1. The molecule has 1 aromatic rings. The highest BCUT2D eigenvalue weighted by atomic mass is 32.2. The third-order valence-electron chi connectivity index (χ3n) is 3.17. The van der Waals surface area contributed by atoms with E-state index in [0.29, 0.717) is 5.69 Å². The molecule has 0 aromatic heterocycles. The molecule has 0 amide bonds. The maximum absolute atomic E-state index is 12.9. The monoisotopic (exact) mass is 289 g/mol. The summed E-state index contributed by atoms with van der Waals surface area (Å²) in [5, 5.41) is 0. The zero-order valence-corrected chi connectivity index (χ0v) is 11.2. The van der Waals surface area contributed by atoms with Crippen molar-refractivity contribution in [2.45, 2.75) is 19.1 Å². The summed E-state index contributed by atoms with van der Waals surface area (Å²) in [6.07, 6.45) is -4.25. The molecule has 1 saturated heterocycles. The molecule has 2 nitrogen and oxygen atoms in total. The molecule has 1 unspecified atom stereocenters. The zero-order valence-electron chi connectivity index (χ0n) is 10.4. The topological polar surface area (TPSA) is 20.3 Å². The summed E-state index contributed by atoms with van der Waals surface area (Å²) in [4.78, 5) is 12.7. The van der Waals surface area contributed by atoms with Crippen molar-refractivity contribution in [1.82, 2.24) is 0 Å². The minimum atomic E-state index is -4.50. The van der Waals surface area contributed by atoms with E-state index < -0.39 is 11.7 Å². The molecule has 0 aliphatic carbocycles. The van der Waals surface area contributed by atoms with Crippen molar-refractivity contribution in [2.75, 3.05) is 23.0 Å². The number of hydrogen-bond acceptors (Lipinski definition) is 3. The summed E-state index contributed by atoms with van der Waals surface area (Å²) in [7, 11) is 0. The maximum Gasteiger partial charge on any atom is 0.417 e. The van der Waals surface area contributed by atoms with Gasteiger partial charge in [-0.3, -0.25) is 4.79 Å². The lowest BCUT2D eigenvalue weighted by atomic mass is 10.1. The molecule has 1 fully saturated rings. The van der Waals surface area contributed by atoms with Crippen LogP contribution in [0.2, 0.25) is 0 Å². The number of rotatable bonds is 2. The summed E-state index contributed by atoms with van der Waals surface area (Å²) in [6, 6.07) is 4.11. The molecular formula is C13H14F3NOS. The van der Waals surface area contributed by atoms with Crippen LogP contribution in [-0.2, 0) is 6.18 Å². The van der Waals surface area contributed by atoms with E-state index in [4.69, 9.17) is 0 Å². The fourth-order valence-corrected chi connectivity index (χ4v) is 3.20. The first kappa shape index (κ1) is 14.2. The smallest absolute Gasteiger partial charge is 0.367 e. The van der Waals surface area contributed by atoms with Gasteiger partial charge in [-0.05, 0) is 25.1 Å². The number of benzene rings is 1. The normalized spacial score (nSPS) is 20.4. The lowest BCUT2D eigenvalue weighted by Gasteiger charge is -2.35. The number of halogens is 3. The molecule has 1 heterocycles. The molecular weight excluding hydrogens is 275 g/mol. The van der Waals surface area contributed by atoms with Crippen LogP contribution in [0.15, 0.2) is 18.2 Å². The number of alkyl halides is 3. The van der Waals surface area contributed by atoms with Crippen LogP contribution in [0, 0.1) is 0 Å². The molecule has 6 heteroatoms. The van der Waals surface area contributed by atoms with E-state index in [1.165, 1.54) is 6.07 Å². The van der Waals surface area contributed by atoms with Crippen LogP contribution >= 0.6 is 11.8 Å². The van der Waals surface area contributed by atoms with Gasteiger partial charge in [0.05, 0.1) is 5.56 Å². The predicted octanol–water partition coefficient (Wildman–Crippen LogP) is 3.46. The second-order valence-electron chi connectivity index (χ2n) is 4.50. The van der Waals surface area contributed by atoms with Crippen molar-refractivity contribution in [1.29, 1.82) is 0 Å². The van der Waals surface area contributed by atoms with Gasteiger partial charge in [-0.1, -0.05) is 0 Å². The summed E-state index contributed by atoms with van der Waals surface area (Å²) in [5.41, 5.74) is -0.633. The quantitative estimate of drug-likeness (QED) is 0.778. The summed E-state index contributed by atoms with van der Waals surface area (Å²) >= 11 is 1.80. The van der Waals surface area contributed by atoms with Crippen LogP contribution in [0.3, 0.4) is 0 Å². The fraction of sp³-hybridized carbons (Fsp3) is 0.462. The highest BCUT2D eigenvalue weighted by Crippen LogP contribution is 2.35. The molecule has 0 saturated carbocycles. The van der Waals surface area contributed by atoms with Crippen LogP contribution < -0.4 is 4.90 Å². The Morgan fingerprint density at radius 2 is 2.16 bits per heavy atom. The van der Waals surface area contributed by atoms with E-state index >= 15 is 0 Å². The number of anilines is 1. The Bertz CT molecular complexity index is 475. The highest BCUT2D eigenvalue weighted by Gasteiger charge is 2.34. The summed E-state index contributed by atoms with van der Waals surface area (Å²) in [6.45, 7) is 2.72. The van der Waals surface area contributed by atoms with Gasteiger partial charge in [0.1, 0.15) is 0 Å². The summed E-state index contributed by atoms with van der Waals surface area (Å²) < 4.78 is 38.7. The largest absolute Gasteiger partial charge is 0.417 e. The van der Waals surface area contributed by atoms with E-state index in [1.807, 2.05) is 11.8 Å². The molecule has 1 atom stereocenters. The first-order valence-electron chi connectivity index (χ1n) is 5.94. The number of nitrogens with zero attached hydrogens (tertiary/aromatic N) is 1. The SMILES string of the molecule is CC1CSCCN1c1ccc(C=O)c(C(F)(F)F)c1. The molecule has 0 N–H and O–H groups in total. The van der Waals surface area contributed by atoms with Crippen LogP contribution in [0.4, 0.5) is 18.9 Å². The van der Waals surface area contributed by atoms with Gasteiger partial charge in [0, 0.05) is 35.3 Å². The Kier molecular flexibility index (Phi) is 4.08. The third kappa shape index (κ3) is 3.05. The number of carbonyl (C=O) groups excluding carboxylic acids is 1. The van der Waals surface area contributed by atoms with Gasteiger partial charge in [0.15, 0.2) is 6.29 Å². The first-order chi connectivity index (χ1) is 8.93. The van der Waals surface area contributed by atoms with Gasteiger partial charge in [-0.25, -0.2) is 0 Å². The van der Waals surface area contributed by atoms with E-state index in [9.17, 15) is 18.0 Å². The zero-order chi connectivity index (χ0) is 14.0. The lowest BCUT2D eigenvalue weighted by molar-refractivity contribution is -0.137. The summed E-state index contributed by atoms with van der Waals surface area (Å²) in [5.74, 6) is 1.80. The molecule has 104 valence electrons. The van der Waals surface area contributed by atoms with Crippen molar-refractivity contribution >= 4 is 23.7 Å². The molecule has 0 radical (unpaired) electrons. The average molecular weight is 289 g/mol.